The first-order valence-electron chi connectivity index (χ1n) is 6.85. The number of halogens is 1. The Labute approximate surface area is 137 Å². The van der Waals surface area contributed by atoms with Gasteiger partial charge < -0.3 is 4.74 Å². The average Bonchev–Trinajstić information content (AvgIpc) is 2.57. The largest absolute Gasteiger partial charge is 0.423 e. The maximum atomic E-state index is 12.0. The van der Waals surface area contributed by atoms with Crippen molar-refractivity contribution in [2.24, 2.45) is 0 Å². The molecule has 0 amide bonds. The van der Waals surface area contributed by atoms with E-state index in [1.165, 1.54) is 0 Å². The van der Waals surface area contributed by atoms with E-state index in [1.807, 2.05) is 54.6 Å². The number of benzene rings is 3. The van der Waals surface area contributed by atoms with Gasteiger partial charge in [0.2, 0.25) is 0 Å². The number of carbonyl (C=O) groups is 1. The summed E-state index contributed by atoms with van der Waals surface area (Å²) < 4.78 is 6.30. The summed E-state index contributed by atoms with van der Waals surface area (Å²) in [4.78, 5) is 12.0. The van der Waals surface area contributed by atoms with Crippen LogP contribution in [-0.2, 0) is 0 Å². The van der Waals surface area contributed by atoms with Gasteiger partial charge in [-0.2, -0.15) is 0 Å². The fourth-order valence-electron chi connectivity index (χ4n) is 2.10. The summed E-state index contributed by atoms with van der Waals surface area (Å²) in [5.41, 5.74) is 2.74. The highest BCUT2D eigenvalue weighted by atomic mass is 79.9. The fraction of sp³-hybridized carbons (Fsp3) is 0. The molecule has 3 rings (SSSR count). The highest BCUT2D eigenvalue weighted by molar-refractivity contribution is 9.10. The minimum Gasteiger partial charge on any atom is -0.423 e. The molecule has 108 valence electrons. The van der Waals surface area contributed by atoms with Crippen LogP contribution in [0.1, 0.15) is 10.4 Å². The van der Waals surface area contributed by atoms with Crippen molar-refractivity contribution in [3.05, 3.63) is 88.9 Å². The van der Waals surface area contributed by atoms with Crippen LogP contribution >= 0.6 is 15.9 Å². The molecule has 0 aromatic heterocycles. The highest BCUT2D eigenvalue weighted by Gasteiger charge is 2.08. The molecule has 0 heterocycles. The monoisotopic (exact) mass is 352 g/mol. The van der Waals surface area contributed by atoms with E-state index in [2.05, 4.69) is 15.9 Å². The highest BCUT2D eigenvalue weighted by Crippen LogP contribution is 2.22. The molecule has 0 aliphatic heterocycles. The summed E-state index contributed by atoms with van der Waals surface area (Å²) in [6.45, 7) is 0. The van der Waals surface area contributed by atoms with Crippen LogP contribution in [0.25, 0.3) is 11.1 Å². The van der Waals surface area contributed by atoms with Crippen LogP contribution in [0.15, 0.2) is 83.3 Å². The molecular formula is C19H13BrO2. The second kappa shape index (κ2) is 6.58. The molecule has 3 aromatic rings. The maximum absolute atomic E-state index is 12.0. The van der Waals surface area contributed by atoms with Crippen molar-refractivity contribution in [1.82, 2.24) is 0 Å². The lowest BCUT2D eigenvalue weighted by Gasteiger charge is -2.06. The van der Waals surface area contributed by atoms with Gasteiger partial charge in [0.05, 0.1) is 5.56 Å². The number of carbonyl (C=O) groups excluding carboxylic acids is 1. The van der Waals surface area contributed by atoms with Crippen LogP contribution in [0, 0.1) is 0 Å². The Hall–Kier alpha value is -2.39. The maximum Gasteiger partial charge on any atom is 0.343 e. The zero-order valence-corrected chi connectivity index (χ0v) is 13.3. The Balaban J connectivity index is 1.73. The van der Waals surface area contributed by atoms with E-state index < -0.39 is 0 Å². The van der Waals surface area contributed by atoms with Crippen molar-refractivity contribution in [3.63, 3.8) is 0 Å². The molecule has 2 nitrogen and oxygen atoms in total. The van der Waals surface area contributed by atoms with E-state index >= 15 is 0 Å². The van der Waals surface area contributed by atoms with Gasteiger partial charge in [0.15, 0.2) is 0 Å². The molecule has 0 fully saturated rings. The fourth-order valence-corrected chi connectivity index (χ4v) is 2.36. The van der Waals surface area contributed by atoms with Gasteiger partial charge in [-0.15, -0.1) is 0 Å². The first-order chi connectivity index (χ1) is 10.7. The molecule has 0 spiro atoms. The predicted molar refractivity (Wildman–Crippen MR) is 91.0 cm³/mol. The molecule has 22 heavy (non-hydrogen) atoms. The van der Waals surface area contributed by atoms with E-state index in [-0.39, 0.29) is 5.97 Å². The lowest BCUT2D eigenvalue weighted by molar-refractivity contribution is 0.0735. The van der Waals surface area contributed by atoms with Crippen molar-refractivity contribution in [1.29, 1.82) is 0 Å². The van der Waals surface area contributed by atoms with Crippen molar-refractivity contribution in [2.75, 3.05) is 0 Å². The molecule has 0 N–H and O–H groups in total. The molecule has 0 saturated heterocycles. The van der Waals surface area contributed by atoms with E-state index in [0.717, 1.165) is 15.6 Å². The van der Waals surface area contributed by atoms with Crippen LogP contribution in [-0.4, -0.2) is 5.97 Å². The minimum atomic E-state index is -0.361. The first-order valence-corrected chi connectivity index (χ1v) is 7.65. The van der Waals surface area contributed by atoms with Gasteiger partial charge in [-0.25, -0.2) is 4.79 Å². The lowest BCUT2D eigenvalue weighted by Crippen LogP contribution is -2.08. The average molecular weight is 353 g/mol. The number of hydrogen-bond donors (Lipinski definition) is 0. The Morgan fingerprint density at radius 2 is 1.32 bits per heavy atom. The predicted octanol–water partition coefficient (Wildman–Crippen LogP) is 5.34. The molecule has 3 heteroatoms. The van der Waals surface area contributed by atoms with E-state index in [0.29, 0.717) is 11.3 Å². The smallest absolute Gasteiger partial charge is 0.343 e. The topological polar surface area (TPSA) is 26.3 Å². The summed E-state index contributed by atoms with van der Waals surface area (Å²) in [6, 6.07) is 24.6. The van der Waals surface area contributed by atoms with Gasteiger partial charge in [0, 0.05) is 4.47 Å². The second-order valence-corrected chi connectivity index (χ2v) is 5.70. The molecular weight excluding hydrogens is 340 g/mol. The van der Waals surface area contributed by atoms with Crippen LogP contribution in [0.3, 0.4) is 0 Å². The summed E-state index contributed by atoms with van der Waals surface area (Å²) in [5, 5.41) is 0. The van der Waals surface area contributed by atoms with E-state index in [9.17, 15) is 4.79 Å². The van der Waals surface area contributed by atoms with Crippen LogP contribution in [0.5, 0.6) is 5.75 Å². The summed E-state index contributed by atoms with van der Waals surface area (Å²) in [7, 11) is 0. The van der Waals surface area contributed by atoms with Crippen LogP contribution < -0.4 is 4.74 Å². The second-order valence-electron chi connectivity index (χ2n) is 4.79. The van der Waals surface area contributed by atoms with E-state index in [1.54, 1.807) is 24.3 Å². The Bertz CT molecular complexity index is 763. The molecule has 0 atom stereocenters. The zero-order valence-electron chi connectivity index (χ0n) is 11.7. The van der Waals surface area contributed by atoms with Crippen molar-refractivity contribution >= 4 is 21.9 Å². The van der Waals surface area contributed by atoms with Crippen molar-refractivity contribution < 1.29 is 9.53 Å². The third kappa shape index (κ3) is 3.43. The number of hydrogen-bond acceptors (Lipinski definition) is 2. The molecule has 0 radical (unpaired) electrons. The van der Waals surface area contributed by atoms with Crippen molar-refractivity contribution in [3.8, 4) is 16.9 Å². The number of ether oxygens (including phenoxy) is 1. The first kappa shape index (κ1) is 14.5. The Morgan fingerprint density at radius 3 is 1.95 bits per heavy atom. The Morgan fingerprint density at radius 1 is 0.727 bits per heavy atom. The SMILES string of the molecule is O=C(Oc1ccc(-c2ccccc2)cc1)c1ccc(Br)cc1. The number of esters is 1. The molecule has 0 unspecified atom stereocenters. The van der Waals surface area contributed by atoms with E-state index in [4.69, 9.17) is 4.74 Å². The third-order valence-electron chi connectivity index (χ3n) is 3.25. The summed E-state index contributed by atoms with van der Waals surface area (Å²) >= 11 is 3.34. The van der Waals surface area contributed by atoms with Gasteiger partial charge in [0.25, 0.3) is 0 Å². The van der Waals surface area contributed by atoms with Crippen molar-refractivity contribution in [2.45, 2.75) is 0 Å². The number of rotatable bonds is 3. The molecule has 0 bridgehead atoms. The quantitative estimate of drug-likeness (QED) is 0.470. The molecule has 0 saturated carbocycles. The minimum absolute atomic E-state index is 0.361. The summed E-state index contributed by atoms with van der Waals surface area (Å²) in [5.74, 6) is 0.174. The van der Waals surface area contributed by atoms with Crippen LogP contribution in [0.4, 0.5) is 0 Å². The third-order valence-corrected chi connectivity index (χ3v) is 3.78. The van der Waals surface area contributed by atoms with Gasteiger partial charge in [-0.05, 0) is 47.5 Å². The van der Waals surface area contributed by atoms with Gasteiger partial charge in [-0.3, -0.25) is 0 Å². The van der Waals surface area contributed by atoms with Crippen LogP contribution in [0.2, 0.25) is 0 Å². The van der Waals surface area contributed by atoms with Gasteiger partial charge in [-0.1, -0.05) is 58.4 Å². The normalized spacial score (nSPS) is 10.2. The zero-order chi connectivity index (χ0) is 15.4. The molecule has 0 aliphatic carbocycles. The standard InChI is InChI=1S/C19H13BrO2/c20-17-10-6-16(7-11-17)19(21)22-18-12-8-15(9-13-18)14-4-2-1-3-5-14/h1-13H. The molecule has 0 aliphatic rings. The van der Waals surface area contributed by atoms with Gasteiger partial charge in [0.1, 0.15) is 5.75 Å². The summed E-state index contributed by atoms with van der Waals surface area (Å²) in [6.07, 6.45) is 0. The lowest BCUT2D eigenvalue weighted by atomic mass is 10.1. The van der Waals surface area contributed by atoms with Gasteiger partial charge >= 0.3 is 5.97 Å². The Kier molecular flexibility index (Phi) is 4.35. The molecule has 3 aromatic carbocycles.